The van der Waals surface area contributed by atoms with E-state index >= 15 is 0 Å². The van der Waals surface area contributed by atoms with E-state index in [4.69, 9.17) is 18.0 Å². The highest BCUT2D eigenvalue weighted by molar-refractivity contribution is 7.80. The summed E-state index contributed by atoms with van der Waals surface area (Å²) in [5.41, 5.74) is 6.93. The molecule has 114 valence electrons. The number of para-hydroxylation sites is 1. The summed E-state index contributed by atoms with van der Waals surface area (Å²) in [5, 5.41) is 12.7. The van der Waals surface area contributed by atoms with Crippen molar-refractivity contribution in [1.82, 2.24) is 4.90 Å². The van der Waals surface area contributed by atoms with Gasteiger partial charge in [-0.25, -0.2) is 0 Å². The van der Waals surface area contributed by atoms with Crippen LogP contribution in [0, 0.1) is 5.92 Å². The maximum Gasteiger partial charge on any atom is 0.238 e. The van der Waals surface area contributed by atoms with Crippen LogP contribution in [0.2, 0.25) is 0 Å². The van der Waals surface area contributed by atoms with Crippen molar-refractivity contribution >= 4 is 28.8 Å². The van der Waals surface area contributed by atoms with Crippen LogP contribution in [-0.2, 0) is 4.79 Å². The molecule has 4 N–H and O–H groups in total. The summed E-state index contributed by atoms with van der Waals surface area (Å²) in [7, 11) is 0. The molecule has 1 heterocycles. The third kappa shape index (κ3) is 4.23. The Labute approximate surface area is 130 Å². The summed E-state index contributed by atoms with van der Waals surface area (Å²) in [6.45, 7) is 3.64. The molecule has 2 unspecified atom stereocenters. The molecule has 1 aliphatic rings. The van der Waals surface area contributed by atoms with Crippen molar-refractivity contribution in [3.05, 3.63) is 29.8 Å². The van der Waals surface area contributed by atoms with Crippen LogP contribution in [0.25, 0.3) is 0 Å². The fourth-order valence-electron chi connectivity index (χ4n) is 2.46. The number of anilines is 1. The lowest BCUT2D eigenvalue weighted by Crippen LogP contribution is -2.45. The Balaban J connectivity index is 1.95. The van der Waals surface area contributed by atoms with Crippen molar-refractivity contribution in [3.8, 4) is 0 Å². The molecule has 1 aliphatic heterocycles. The van der Waals surface area contributed by atoms with Crippen LogP contribution in [0.1, 0.15) is 18.9 Å². The fourth-order valence-corrected chi connectivity index (χ4v) is 2.64. The first-order valence-electron chi connectivity index (χ1n) is 7.06. The largest absolute Gasteiger partial charge is 0.392 e. The van der Waals surface area contributed by atoms with Gasteiger partial charge in [-0.05, 0) is 31.0 Å². The van der Waals surface area contributed by atoms with Gasteiger partial charge >= 0.3 is 0 Å². The molecule has 5 nitrogen and oxygen atoms in total. The van der Waals surface area contributed by atoms with Crippen molar-refractivity contribution < 1.29 is 9.90 Å². The van der Waals surface area contributed by atoms with Crippen molar-refractivity contribution in [2.24, 2.45) is 11.7 Å². The zero-order valence-corrected chi connectivity index (χ0v) is 12.9. The summed E-state index contributed by atoms with van der Waals surface area (Å²) in [5.74, 6) is 0.167. The second-order valence-corrected chi connectivity index (χ2v) is 5.97. The van der Waals surface area contributed by atoms with Crippen LogP contribution in [0.5, 0.6) is 0 Å². The van der Waals surface area contributed by atoms with Crippen LogP contribution in [0.3, 0.4) is 0 Å². The maximum atomic E-state index is 12.1. The number of likely N-dealkylation sites (tertiary alicyclic amines) is 1. The second-order valence-electron chi connectivity index (χ2n) is 5.53. The SMILES string of the molecule is CC1CCN(CC(=O)Nc2ccccc2C(N)=S)CC1O. The highest BCUT2D eigenvalue weighted by Crippen LogP contribution is 2.18. The summed E-state index contributed by atoms with van der Waals surface area (Å²) >= 11 is 4.98. The second kappa shape index (κ2) is 6.98. The van der Waals surface area contributed by atoms with E-state index in [0.717, 1.165) is 13.0 Å². The molecule has 0 radical (unpaired) electrons. The van der Waals surface area contributed by atoms with Gasteiger partial charge in [0.05, 0.1) is 18.3 Å². The van der Waals surface area contributed by atoms with Crippen LogP contribution in [0.4, 0.5) is 5.69 Å². The average Bonchev–Trinajstić information content (AvgIpc) is 2.43. The molecule has 0 aliphatic carbocycles. The van der Waals surface area contributed by atoms with Gasteiger partial charge in [-0.2, -0.15) is 0 Å². The number of amides is 1. The lowest BCUT2D eigenvalue weighted by molar-refractivity contribution is -0.118. The molecule has 2 rings (SSSR count). The Hall–Kier alpha value is -1.50. The smallest absolute Gasteiger partial charge is 0.238 e. The summed E-state index contributed by atoms with van der Waals surface area (Å²) in [6.07, 6.45) is 0.535. The first-order chi connectivity index (χ1) is 9.97. The molecule has 6 heteroatoms. The summed E-state index contributed by atoms with van der Waals surface area (Å²) in [6, 6.07) is 7.21. The normalized spacial score (nSPS) is 22.8. The topological polar surface area (TPSA) is 78.6 Å². The van der Waals surface area contributed by atoms with Gasteiger partial charge in [0.1, 0.15) is 4.99 Å². The molecular formula is C15H21N3O2S. The molecule has 1 saturated heterocycles. The lowest BCUT2D eigenvalue weighted by Gasteiger charge is -2.33. The monoisotopic (exact) mass is 307 g/mol. The van der Waals surface area contributed by atoms with Gasteiger partial charge in [0, 0.05) is 12.1 Å². The summed E-state index contributed by atoms with van der Waals surface area (Å²) in [4.78, 5) is 14.3. The Morgan fingerprint density at radius 1 is 1.52 bits per heavy atom. The number of nitrogens with one attached hydrogen (secondary N) is 1. The Morgan fingerprint density at radius 2 is 2.24 bits per heavy atom. The van der Waals surface area contributed by atoms with Crippen LogP contribution >= 0.6 is 12.2 Å². The van der Waals surface area contributed by atoms with Gasteiger partial charge in [-0.1, -0.05) is 31.3 Å². The number of nitrogens with two attached hydrogens (primary N) is 1. The number of aliphatic hydroxyl groups excluding tert-OH is 1. The quantitative estimate of drug-likeness (QED) is 0.722. The van der Waals surface area contributed by atoms with E-state index in [0.29, 0.717) is 23.7 Å². The zero-order chi connectivity index (χ0) is 15.4. The molecule has 2 atom stereocenters. The molecule has 1 aromatic carbocycles. The maximum absolute atomic E-state index is 12.1. The highest BCUT2D eigenvalue weighted by Gasteiger charge is 2.25. The van der Waals surface area contributed by atoms with Gasteiger partial charge in [-0.15, -0.1) is 0 Å². The minimum atomic E-state index is -0.365. The third-order valence-corrected chi connectivity index (χ3v) is 4.06. The van der Waals surface area contributed by atoms with E-state index in [1.807, 2.05) is 24.0 Å². The van der Waals surface area contributed by atoms with Crippen molar-refractivity contribution in [1.29, 1.82) is 0 Å². The predicted molar refractivity (Wildman–Crippen MR) is 87.2 cm³/mol. The number of nitrogens with zero attached hydrogens (tertiary/aromatic N) is 1. The van der Waals surface area contributed by atoms with Crippen molar-refractivity contribution in [2.75, 3.05) is 25.0 Å². The molecule has 0 aromatic heterocycles. The number of benzene rings is 1. The molecule has 0 bridgehead atoms. The molecule has 1 amide bonds. The zero-order valence-electron chi connectivity index (χ0n) is 12.1. The van der Waals surface area contributed by atoms with E-state index in [1.54, 1.807) is 12.1 Å². The van der Waals surface area contributed by atoms with Crippen molar-refractivity contribution in [2.45, 2.75) is 19.4 Å². The number of β-amino-alcohol motifs (C(OH)–C–C–N with tert-alkyl or cyclic N) is 1. The number of piperidine rings is 1. The first kappa shape index (κ1) is 15.9. The Morgan fingerprint density at radius 3 is 2.90 bits per heavy atom. The molecule has 1 aromatic rings. The molecule has 21 heavy (non-hydrogen) atoms. The van der Waals surface area contributed by atoms with Gasteiger partial charge in [0.15, 0.2) is 0 Å². The standard InChI is InChI=1S/C15H21N3O2S/c1-10-6-7-18(8-13(10)19)9-14(20)17-12-5-3-2-4-11(12)15(16)21/h2-5,10,13,19H,6-9H2,1H3,(H2,16,21)(H,17,20). The predicted octanol–water partition coefficient (Wildman–Crippen LogP) is 0.962. The molecule has 0 saturated carbocycles. The average molecular weight is 307 g/mol. The van der Waals surface area contributed by atoms with Crippen LogP contribution in [0.15, 0.2) is 24.3 Å². The minimum Gasteiger partial charge on any atom is -0.392 e. The van der Waals surface area contributed by atoms with E-state index in [-0.39, 0.29) is 23.5 Å². The number of carbonyl (C=O) groups is 1. The first-order valence-corrected chi connectivity index (χ1v) is 7.47. The van der Waals surface area contributed by atoms with Gasteiger partial charge in [0.2, 0.25) is 5.91 Å². The number of hydrogen-bond acceptors (Lipinski definition) is 4. The highest BCUT2D eigenvalue weighted by atomic mass is 32.1. The third-order valence-electron chi connectivity index (χ3n) is 3.84. The van der Waals surface area contributed by atoms with Crippen LogP contribution in [-0.4, -0.2) is 46.6 Å². The molecule has 1 fully saturated rings. The number of aliphatic hydroxyl groups is 1. The summed E-state index contributed by atoms with van der Waals surface area (Å²) < 4.78 is 0. The number of carbonyl (C=O) groups excluding carboxylic acids is 1. The number of hydrogen-bond donors (Lipinski definition) is 3. The number of rotatable bonds is 4. The van der Waals surface area contributed by atoms with Gasteiger partial charge in [0.25, 0.3) is 0 Å². The van der Waals surface area contributed by atoms with Crippen molar-refractivity contribution in [3.63, 3.8) is 0 Å². The molecule has 0 spiro atoms. The van der Waals surface area contributed by atoms with E-state index in [2.05, 4.69) is 5.32 Å². The van der Waals surface area contributed by atoms with E-state index in [9.17, 15) is 9.90 Å². The lowest BCUT2D eigenvalue weighted by atomic mass is 9.96. The van der Waals surface area contributed by atoms with E-state index < -0.39 is 0 Å². The van der Waals surface area contributed by atoms with Gasteiger partial charge < -0.3 is 16.2 Å². The van der Waals surface area contributed by atoms with E-state index in [1.165, 1.54) is 0 Å². The minimum absolute atomic E-state index is 0.125. The Bertz CT molecular complexity index is 535. The molecular weight excluding hydrogens is 286 g/mol. The van der Waals surface area contributed by atoms with Crippen LogP contribution < -0.4 is 11.1 Å². The Kier molecular flexibility index (Phi) is 5.27. The van der Waals surface area contributed by atoms with Gasteiger partial charge in [-0.3, -0.25) is 9.69 Å². The number of thiocarbonyl (C=S) groups is 1. The fraction of sp³-hybridized carbons (Fsp3) is 0.467.